The Labute approximate surface area is 147 Å². The molecule has 1 aliphatic rings. The van der Waals surface area contributed by atoms with E-state index in [1.807, 2.05) is 19.1 Å². The van der Waals surface area contributed by atoms with Crippen molar-refractivity contribution in [3.8, 4) is 5.75 Å². The summed E-state index contributed by atoms with van der Waals surface area (Å²) in [6, 6.07) is 13.2. The van der Waals surface area contributed by atoms with Gasteiger partial charge in [-0.05, 0) is 49.6 Å². The summed E-state index contributed by atoms with van der Waals surface area (Å²) >= 11 is 6.04. The Morgan fingerprint density at radius 2 is 2.08 bits per heavy atom. The first kappa shape index (κ1) is 16.7. The monoisotopic (exact) mass is 344 g/mol. The zero-order valence-corrected chi connectivity index (χ0v) is 14.6. The molecule has 0 aromatic heterocycles. The van der Waals surface area contributed by atoms with Crippen molar-refractivity contribution in [3.63, 3.8) is 0 Å². The number of nitrogens with one attached hydrogen (secondary N) is 1. The lowest BCUT2D eigenvalue weighted by atomic mass is 10.00. The number of amides is 1. The summed E-state index contributed by atoms with van der Waals surface area (Å²) in [4.78, 5) is 14.9. The van der Waals surface area contributed by atoms with Gasteiger partial charge in [-0.25, -0.2) is 0 Å². The van der Waals surface area contributed by atoms with Crippen molar-refractivity contribution in [3.05, 3.63) is 53.1 Å². The molecule has 0 unspecified atom stereocenters. The molecule has 1 heterocycles. The van der Waals surface area contributed by atoms with Crippen LogP contribution < -0.4 is 15.0 Å². The Balaban J connectivity index is 1.80. The number of para-hydroxylation sites is 1. The predicted molar refractivity (Wildman–Crippen MR) is 98.2 cm³/mol. The molecule has 1 N–H and O–H groups in total. The van der Waals surface area contributed by atoms with Gasteiger partial charge in [0.1, 0.15) is 11.8 Å². The molecule has 0 saturated carbocycles. The lowest BCUT2D eigenvalue weighted by Gasteiger charge is -2.35. The third kappa shape index (κ3) is 3.34. The van der Waals surface area contributed by atoms with Crippen LogP contribution in [0.15, 0.2) is 42.5 Å². The summed E-state index contributed by atoms with van der Waals surface area (Å²) in [7, 11) is 1.57. The number of aryl methyl sites for hydroxylation is 1. The largest absolute Gasteiger partial charge is 0.495 e. The maximum atomic E-state index is 12.7. The van der Waals surface area contributed by atoms with Crippen LogP contribution in [0, 0.1) is 0 Å². The van der Waals surface area contributed by atoms with E-state index in [1.165, 1.54) is 5.56 Å². The van der Waals surface area contributed by atoms with Crippen LogP contribution in [0.2, 0.25) is 5.02 Å². The fourth-order valence-electron chi connectivity index (χ4n) is 3.12. The van der Waals surface area contributed by atoms with Gasteiger partial charge in [-0.1, -0.05) is 29.8 Å². The van der Waals surface area contributed by atoms with Gasteiger partial charge in [0, 0.05) is 17.3 Å². The standard InChI is InChI=1S/C19H21ClN2O2/c1-13(22-11-5-7-14-6-3-4-8-17(14)22)19(23)21-16-12-15(20)9-10-18(16)24-2/h3-4,6,8-10,12-13H,5,7,11H2,1-2H3,(H,21,23)/t13-/m0/s1. The van der Waals surface area contributed by atoms with E-state index in [2.05, 4.69) is 22.3 Å². The Morgan fingerprint density at radius 3 is 2.88 bits per heavy atom. The number of anilines is 2. The second-order valence-corrected chi connectivity index (χ2v) is 6.37. The number of benzene rings is 2. The van der Waals surface area contributed by atoms with Crippen molar-refractivity contribution >= 4 is 28.9 Å². The second-order valence-electron chi connectivity index (χ2n) is 5.94. The molecule has 2 aromatic rings. The quantitative estimate of drug-likeness (QED) is 0.906. The number of halogens is 1. The van der Waals surface area contributed by atoms with Crippen LogP contribution in [0.1, 0.15) is 18.9 Å². The highest BCUT2D eigenvalue weighted by molar-refractivity contribution is 6.31. The normalized spacial score (nSPS) is 14.7. The molecule has 3 rings (SSSR count). The number of hydrogen-bond acceptors (Lipinski definition) is 3. The molecule has 126 valence electrons. The molecule has 1 amide bonds. The topological polar surface area (TPSA) is 41.6 Å². The first-order valence-electron chi connectivity index (χ1n) is 8.09. The smallest absolute Gasteiger partial charge is 0.246 e. The minimum Gasteiger partial charge on any atom is -0.495 e. The molecule has 0 radical (unpaired) electrons. The number of fused-ring (bicyclic) bond motifs is 1. The van der Waals surface area contributed by atoms with Gasteiger partial charge in [-0.3, -0.25) is 4.79 Å². The molecule has 1 atom stereocenters. The van der Waals surface area contributed by atoms with Crippen LogP contribution in [0.5, 0.6) is 5.75 Å². The second kappa shape index (κ2) is 7.14. The number of nitrogens with zero attached hydrogens (tertiary/aromatic N) is 1. The van der Waals surface area contributed by atoms with E-state index in [4.69, 9.17) is 16.3 Å². The van der Waals surface area contributed by atoms with Gasteiger partial charge in [0.25, 0.3) is 0 Å². The Hall–Kier alpha value is -2.20. The van der Waals surface area contributed by atoms with Gasteiger partial charge in [0.2, 0.25) is 5.91 Å². The summed E-state index contributed by atoms with van der Waals surface area (Å²) in [5.41, 5.74) is 3.03. The van der Waals surface area contributed by atoms with Gasteiger partial charge in [-0.15, -0.1) is 0 Å². The van der Waals surface area contributed by atoms with Crippen LogP contribution in [0.3, 0.4) is 0 Å². The number of methoxy groups -OCH3 is 1. The minimum atomic E-state index is -0.282. The molecular formula is C19H21ClN2O2. The molecule has 5 heteroatoms. The van der Waals surface area contributed by atoms with Gasteiger partial charge in [0.05, 0.1) is 12.8 Å². The van der Waals surface area contributed by atoms with E-state index >= 15 is 0 Å². The van der Waals surface area contributed by atoms with E-state index in [9.17, 15) is 4.79 Å². The zero-order valence-electron chi connectivity index (χ0n) is 13.9. The van der Waals surface area contributed by atoms with E-state index < -0.39 is 0 Å². The van der Waals surface area contributed by atoms with E-state index in [-0.39, 0.29) is 11.9 Å². The molecule has 0 saturated heterocycles. The van der Waals surface area contributed by atoms with Crippen LogP contribution in [0.25, 0.3) is 0 Å². The predicted octanol–water partition coefficient (Wildman–Crippen LogP) is 4.13. The van der Waals surface area contributed by atoms with Gasteiger partial charge >= 0.3 is 0 Å². The lowest BCUT2D eigenvalue weighted by molar-refractivity contribution is -0.117. The average molecular weight is 345 g/mol. The summed E-state index contributed by atoms with van der Waals surface area (Å²) in [6.45, 7) is 2.80. The molecule has 1 aliphatic heterocycles. The van der Waals surface area contributed by atoms with Crippen LogP contribution in [-0.2, 0) is 11.2 Å². The van der Waals surface area contributed by atoms with Crippen LogP contribution in [0.4, 0.5) is 11.4 Å². The molecule has 4 nitrogen and oxygen atoms in total. The molecule has 24 heavy (non-hydrogen) atoms. The molecule has 0 spiro atoms. The number of ether oxygens (including phenoxy) is 1. The molecule has 0 bridgehead atoms. The number of hydrogen-bond donors (Lipinski definition) is 1. The summed E-state index contributed by atoms with van der Waals surface area (Å²) in [6.07, 6.45) is 2.11. The van der Waals surface area contributed by atoms with E-state index in [0.717, 1.165) is 25.1 Å². The molecule has 0 aliphatic carbocycles. The van der Waals surface area contributed by atoms with Crippen molar-refractivity contribution < 1.29 is 9.53 Å². The fourth-order valence-corrected chi connectivity index (χ4v) is 3.29. The van der Waals surface area contributed by atoms with Crippen LogP contribution in [-0.4, -0.2) is 25.6 Å². The Morgan fingerprint density at radius 1 is 1.29 bits per heavy atom. The molecular weight excluding hydrogens is 324 g/mol. The maximum Gasteiger partial charge on any atom is 0.246 e. The first-order valence-corrected chi connectivity index (χ1v) is 8.47. The summed E-state index contributed by atoms with van der Waals surface area (Å²) < 4.78 is 5.30. The highest BCUT2D eigenvalue weighted by atomic mass is 35.5. The van der Waals surface area contributed by atoms with E-state index in [1.54, 1.807) is 25.3 Å². The van der Waals surface area contributed by atoms with Crippen molar-refractivity contribution in [2.45, 2.75) is 25.8 Å². The molecule has 2 aromatic carbocycles. The Bertz CT molecular complexity index is 748. The average Bonchev–Trinajstić information content (AvgIpc) is 2.61. The fraction of sp³-hybridized carbons (Fsp3) is 0.316. The third-order valence-corrected chi connectivity index (χ3v) is 4.65. The number of carbonyl (C=O) groups is 1. The van der Waals surface area contributed by atoms with Crippen LogP contribution >= 0.6 is 11.6 Å². The first-order chi connectivity index (χ1) is 11.6. The SMILES string of the molecule is COc1ccc(Cl)cc1NC(=O)[C@H](C)N1CCCc2ccccc21. The summed E-state index contributed by atoms with van der Waals surface area (Å²) in [5.74, 6) is 0.520. The lowest BCUT2D eigenvalue weighted by Crippen LogP contribution is -2.44. The van der Waals surface area contributed by atoms with Crippen molar-refractivity contribution in [1.82, 2.24) is 0 Å². The minimum absolute atomic E-state index is 0.0766. The maximum absolute atomic E-state index is 12.7. The highest BCUT2D eigenvalue weighted by Crippen LogP contribution is 2.30. The third-order valence-electron chi connectivity index (χ3n) is 4.41. The number of rotatable bonds is 4. The summed E-state index contributed by atoms with van der Waals surface area (Å²) in [5, 5.41) is 3.50. The zero-order chi connectivity index (χ0) is 17.1. The van der Waals surface area contributed by atoms with Gasteiger partial charge < -0.3 is 15.0 Å². The van der Waals surface area contributed by atoms with E-state index in [0.29, 0.717) is 16.5 Å². The van der Waals surface area contributed by atoms with Crippen molar-refractivity contribution in [2.24, 2.45) is 0 Å². The van der Waals surface area contributed by atoms with Crippen molar-refractivity contribution in [2.75, 3.05) is 23.9 Å². The molecule has 0 fully saturated rings. The Kier molecular flexibility index (Phi) is 4.95. The van der Waals surface area contributed by atoms with Crippen molar-refractivity contribution in [1.29, 1.82) is 0 Å². The van der Waals surface area contributed by atoms with Gasteiger partial charge in [-0.2, -0.15) is 0 Å². The number of carbonyl (C=O) groups excluding carboxylic acids is 1. The highest BCUT2D eigenvalue weighted by Gasteiger charge is 2.26. The van der Waals surface area contributed by atoms with Gasteiger partial charge in [0.15, 0.2) is 0 Å².